The number of benzene rings is 12. The molecule has 0 spiro atoms. The van der Waals surface area contributed by atoms with Crippen molar-refractivity contribution >= 4 is 96.4 Å². The molecule has 14 aromatic rings. The van der Waals surface area contributed by atoms with E-state index in [1.165, 1.54) is 135 Å². The van der Waals surface area contributed by atoms with Crippen LogP contribution in [0, 0.1) is 0 Å². The summed E-state index contributed by atoms with van der Waals surface area (Å²) in [5.74, 6) is 0. The van der Waals surface area contributed by atoms with Crippen molar-refractivity contribution in [2.24, 2.45) is 0 Å². The van der Waals surface area contributed by atoms with Crippen LogP contribution in [0.5, 0.6) is 0 Å². The molecule has 0 saturated carbocycles. The average Bonchev–Trinajstić information content (AvgIpc) is 3.92. The summed E-state index contributed by atoms with van der Waals surface area (Å²) in [7, 11) is 0. The van der Waals surface area contributed by atoms with Gasteiger partial charge in [0.25, 0.3) is 0 Å². The number of hydrogen-bond acceptors (Lipinski definition) is 1. The number of para-hydroxylation sites is 2. The molecule has 0 aliphatic heterocycles. The largest absolute Gasteiger partial charge is 0.309 e. The lowest BCUT2D eigenvalue weighted by atomic mass is 9.85. The topological polar surface area (TPSA) is 4.93 Å². The van der Waals surface area contributed by atoms with Gasteiger partial charge in [-0.3, -0.25) is 0 Å². The van der Waals surface area contributed by atoms with Crippen LogP contribution in [0.25, 0.3) is 135 Å². The first-order valence-electron chi connectivity index (χ1n) is 22.8. The molecule has 1 nitrogen and oxygen atoms in total. The number of fused-ring (bicyclic) bond motifs is 10. The SMILES string of the molecule is c1ccc(-c2c3ccccc3c(-c3ccc4sc5cc(-c6c7ccccc7c(-c7ccc8c9ccccc9n(-c9ccccc9)c8c7)c7ccccc67)ccc5c4c3)c3ccccc23)cc1. The number of nitrogens with zero attached hydrogens (tertiary/aromatic N) is 1. The quantitative estimate of drug-likeness (QED) is 0.152. The fraction of sp³-hybridized carbons (Fsp3) is 0. The van der Waals surface area contributed by atoms with Gasteiger partial charge in [-0.25, -0.2) is 0 Å². The van der Waals surface area contributed by atoms with Crippen molar-refractivity contribution in [3.63, 3.8) is 0 Å². The summed E-state index contributed by atoms with van der Waals surface area (Å²) in [5.41, 5.74) is 13.7. The fourth-order valence-electron chi connectivity index (χ4n) is 11.2. The van der Waals surface area contributed by atoms with Crippen LogP contribution in [0.1, 0.15) is 0 Å². The summed E-state index contributed by atoms with van der Waals surface area (Å²) in [5, 5.41) is 15.3. The summed E-state index contributed by atoms with van der Waals surface area (Å²) in [6.45, 7) is 0. The summed E-state index contributed by atoms with van der Waals surface area (Å²) < 4.78 is 5.02. The Bertz CT molecular complexity index is 4160. The molecule has 0 amide bonds. The van der Waals surface area contributed by atoms with Gasteiger partial charge < -0.3 is 4.57 Å². The Morgan fingerprint density at radius 1 is 0.227 bits per heavy atom. The van der Waals surface area contributed by atoms with Gasteiger partial charge in [0.15, 0.2) is 0 Å². The number of thiophene rings is 1. The molecule has 14 rings (SSSR count). The lowest BCUT2D eigenvalue weighted by molar-refractivity contribution is 1.18. The normalized spacial score (nSPS) is 11.9. The van der Waals surface area contributed by atoms with E-state index in [4.69, 9.17) is 0 Å². The monoisotopic (exact) mass is 853 g/mol. The van der Waals surface area contributed by atoms with Crippen molar-refractivity contribution in [3.05, 3.63) is 237 Å². The molecule has 0 fully saturated rings. The van der Waals surface area contributed by atoms with Gasteiger partial charge in [-0.05, 0) is 130 Å². The minimum Gasteiger partial charge on any atom is -0.309 e. The van der Waals surface area contributed by atoms with Crippen molar-refractivity contribution in [1.29, 1.82) is 0 Å². The Hall–Kier alpha value is -8.30. The predicted molar refractivity (Wildman–Crippen MR) is 285 cm³/mol. The van der Waals surface area contributed by atoms with Crippen LogP contribution >= 0.6 is 11.3 Å². The maximum atomic E-state index is 2.44. The van der Waals surface area contributed by atoms with E-state index in [0.717, 1.165) is 0 Å². The second kappa shape index (κ2) is 14.6. The Morgan fingerprint density at radius 3 is 1.17 bits per heavy atom. The lowest BCUT2D eigenvalue weighted by Crippen LogP contribution is -1.94. The third kappa shape index (κ3) is 5.52. The molecule has 66 heavy (non-hydrogen) atoms. The Kier molecular flexibility index (Phi) is 8.22. The average molecular weight is 854 g/mol. The number of rotatable bonds is 5. The molecule has 0 saturated heterocycles. The van der Waals surface area contributed by atoms with Crippen molar-refractivity contribution < 1.29 is 0 Å². The van der Waals surface area contributed by atoms with E-state index in [-0.39, 0.29) is 0 Å². The van der Waals surface area contributed by atoms with Gasteiger partial charge in [-0.15, -0.1) is 11.3 Å². The van der Waals surface area contributed by atoms with Gasteiger partial charge in [-0.2, -0.15) is 0 Å². The molecule has 12 aromatic carbocycles. The zero-order valence-corrected chi connectivity index (χ0v) is 36.7. The van der Waals surface area contributed by atoms with Gasteiger partial charge in [0, 0.05) is 36.6 Å². The van der Waals surface area contributed by atoms with Crippen LogP contribution in [-0.2, 0) is 0 Å². The maximum absolute atomic E-state index is 2.44. The van der Waals surface area contributed by atoms with E-state index >= 15 is 0 Å². The molecular weight excluding hydrogens is 815 g/mol. The highest BCUT2D eigenvalue weighted by atomic mass is 32.1. The first-order chi connectivity index (χ1) is 32.8. The highest BCUT2D eigenvalue weighted by molar-refractivity contribution is 7.25. The van der Waals surface area contributed by atoms with E-state index in [1.807, 2.05) is 11.3 Å². The first-order valence-corrected chi connectivity index (χ1v) is 23.6. The summed E-state index contributed by atoms with van der Waals surface area (Å²) in [6.07, 6.45) is 0. The van der Waals surface area contributed by atoms with Crippen LogP contribution in [0.15, 0.2) is 237 Å². The molecule has 0 atom stereocenters. The molecule has 0 radical (unpaired) electrons. The smallest absolute Gasteiger partial charge is 0.0547 e. The van der Waals surface area contributed by atoms with E-state index in [2.05, 4.69) is 241 Å². The maximum Gasteiger partial charge on any atom is 0.0547 e. The Morgan fingerprint density at radius 2 is 0.621 bits per heavy atom. The van der Waals surface area contributed by atoms with Crippen LogP contribution in [-0.4, -0.2) is 4.57 Å². The molecule has 2 heteroatoms. The lowest BCUT2D eigenvalue weighted by Gasteiger charge is -2.18. The third-order valence-electron chi connectivity index (χ3n) is 14.0. The third-order valence-corrected chi connectivity index (χ3v) is 15.1. The fourth-order valence-corrected chi connectivity index (χ4v) is 12.3. The minimum absolute atomic E-state index is 1.17. The Balaban J connectivity index is 0.949. The van der Waals surface area contributed by atoms with Gasteiger partial charge >= 0.3 is 0 Å². The van der Waals surface area contributed by atoms with Crippen LogP contribution < -0.4 is 0 Å². The first kappa shape index (κ1) is 37.1. The zero-order chi connectivity index (χ0) is 43.3. The standard InChI is InChI=1S/C64H39NS/c1-3-17-40(18-4-1)61-48-22-7-9-24-50(48)62(51-25-10-8-23-49(51)61)41-33-36-59-56(37-41)47-35-32-43(39-60(47)66-59)64-54-28-13-11-26-52(54)63(53-27-12-14-29-55(53)64)42-31-34-46-45-21-15-16-30-57(45)65(58(46)38-42)44-19-5-2-6-20-44/h1-39H. The molecule has 2 aromatic heterocycles. The van der Waals surface area contributed by atoms with E-state index < -0.39 is 0 Å². The van der Waals surface area contributed by atoms with Gasteiger partial charge in [-0.1, -0.05) is 194 Å². The van der Waals surface area contributed by atoms with Gasteiger partial charge in [0.1, 0.15) is 0 Å². The highest BCUT2D eigenvalue weighted by Crippen LogP contribution is 2.48. The molecule has 0 bridgehead atoms. The van der Waals surface area contributed by atoms with Crippen molar-refractivity contribution in [2.75, 3.05) is 0 Å². The second-order valence-corrected chi connectivity index (χ2v) is 18.6. The number of aromatic nitrogens is 1. The molecule has 2 heterocycles. The van der Waals surface area contributed by atoms with Crippen molar-refractivity contribution in [1.82, 2.24) is 4.57 Å². The van der Waals surface area contributed by atoms with Crippen LogP contribution in [0.3, 0.4) is 0 Å². The summed E-state index contributed by atoms with van der Waals surface area (Å²) >= 11 is 1.89. The van der Waals surface area contributed by atoms with Crippen LogP contribution in [0.4, 0.5) is 0 Å². The predicted octanol–water partition coefficient (Wildman–Crippen LogP) is 18.4. The van der Waals surface area contributed by atoms with Crippen molar-refractivity contribution in [2.45, 2.75) is 0 Å². The van der Waals surface area contributed by atoms with Crippen molar-refractivity contribution in [3.8, 4) is 50.2 Å². The molecular formula is C64H39NS. The minimum atomic E-state index is 1.17. The van der Waals surface area contributed by atoms with Gasteiger partial charge in [0.2, 0.25) is 0 Å². The van der Waals surface area contributed by atoms with Crippen LogP contribution in [0.2, 0.25) is 0 Å². The number of hydrogen-bond donors (Lipinski definition) is 0. The summed E-state index contributed by atoms with van der Waals surface area (Å²) in [6, 6.07) is 87.7. The molecule has 0 N–H and O–H groups in total. The molecule has 0 unspecified atom stereocenters. The molecule has 0 aliphatic rings. The summed E-state index contributed by atoms with van der Waals surface area (Å²) in [4.78, 5) is 0. The Labute approximate surface area is 385 Å². The molecule has 306 valence electrons. The highest BCUT2D eigenvalue weighted by Gasteiger charge is 2.21. The van der Waals surface area contributed by atoms with E-state index in [0.29, 0.717) is 0 Å². The van der Waals surface area contributed by atoms with Gasteiger partial charge in [0.05, 0.1) is 11.0 Å². The molecule has 0 aliphatic carbocycles. The zero-order valence-electron chi connectivity index (χ0n) is 35.9. The van der Waals surface area contributed by atoms with E-state index in [1.54, 1.807) is 0 Å². The second-order valence-electron chi connectivity index (χ2n) is 17.5. The van der Waals surface area contributed by atoms with E-state index in [9.17, 15) is 0 Å².